The first-order valence-electron chi connectivity index (χ1n) is 9.61. The molecule has 0 heterocycles. The Bertz CT molecular complexity index is 877. The zero-order valence-electron chi connectivity index (χ0n) is 15.9. The van der Waals surface area contributed by atoms with Gasteiger partial charge in [-0.15, -0.1) is 0 Å². The first-order valence-corrected chi connectivity index (χ1v) is 9.99. The first kappa shape index (κ1) is 20.9. The number of nitrogens with one attached hydrogen (secondary N) is 2. The standard InChI is InChI=1S/C22H23ClN2O4/c23-16-11-9-15(10-12-16)13-21(27)29-14-20(26)25-19-8-4-3-7-18(19)22(28)24-17-5-1-2-6-17/h3-4,7-12,17H,1-2,5-6,13-14H2,(H,24,28)(H,25,26). The molecular formula is C22H23ClN2O4. The fourth-order valence-corrected chi connectivity index (χ4v) is 3.40. The van der Waals surface area contributed by atoms with Gasteiger partial charge in [0.2, 0.25) is 0 Å². The number of carbonyl (C=O) groups excluding carboxylic acids is 3. The van der Waals surface area contributed by atoms with Gasteiger partial charge in [0.15, 0.2) is 6.61 Å². The maximum absolute atomic E-state index is 12.5. The van der Waals surface area contributed by atoms with E-state index >= 15 is 0 Å². The van der Waals surface area contributed by atoms with Crippen LogP contribution < -0.4 is 10.6 Å². The summed E-state index contributed by atoms with van der Waals surface area (Å²) in [5.41, 5.74) is 1.52. The lowest BCUT2D eigenvalue weighted by molar-refractivity contribution is -0.146. The zero-order chi connectivity index (χ0) is 20.6. The molecule has 0 unspecified atom stereocenters. The highest BCUT2D eigenvalue weighted by molar-refractivity contribution is 6.30. The van der Waals surface area contributed by atoms with Gasteiger partial charge in [-0.3, -0.25) is 14.4 Å². The van der Waals surface area contributed by atoms with Crippen molar-refractivity contribution in [1.82, 2.24) is 5.32 Å². The summed E-state index contributed by atoms with van der Waals surface area (Å²) in [5, 5.41) is 6.23. The Hall–Kier alpha value is -2.86. The van der Waals surface area contributed by atoms with Gasteiger partial charge in [0.05, 0.1) is 17.7 Å². The minimum atomic E-state index is -0.519. The summed E-state index contributed by atoms with van der Waals surface area (Å²) in [4.78, 5) is 36.7. The summed E-state index contributed by atoms with van der Waals surface area (Å²) in [7, 11) is 0. The molecule has 2 aromatic rings. The smallest absolute Gasteiger partial charge is 0.310 e. The predicted molar refractivity (Wildman–Crippen MR) is 111 cm³/mol. The number of hydrogen-bond acceptors (Lipinski definition) is 4. The van der Waals surface area contributed by atoms with Crippen LogP contribution in [-0.2, 0) is 20.7 Å². The molecule has 29 heavy (non-hydrogen) atoms. The van der Waals surface area contributed by atoms with E-state index in [2.05, 4.69) is 10.6 Å². The van der Waals surface area contributed by atoms with Crippen LogP contribution in [0.2, 0.25) is 5.02 Å². The highest BCUT2D eigenvalue weighted by Gasteiger charge is 2.20. The molecule has 1 fully saturated rings. The molecule has 0 saturated heterocycles. The second-order valence-electron chi connectivity index (χ2n) is 7.01. The van der Waals surface area contributed by atoms with Crippen molar-refractivity contribution in [2.75, 3.05) is 11.9 Å². The van der Waals surface area contributed by atoms with Gasteiger partial charge >= 0.3 is 5.97 Å². The van der Waals surface area contributed by atoms with Crippen molar-refractivity contribution in [3.05, 3.63) is 64.7 Å². The third-order valence-electron chi connectivity index (χ3n) is 4.76. The van der Waals surface area contributed by atoms with Crippen molar-refractivity contribution >= 4 is 35.1 Å². The van der Waals surface area contributed by atoms with Crippen LogP contribution in [0.4, 0.5) is 5.69 Å². The van der Waals surface area contributed by atoms with Gasteiger partial charge in [0.1, 0.15) is 0 Å². The van der Waals surface area contributed by atoms with Gasteiger partial charge in [-0.05, 0) is 42.7 Å². The van der Waals surface area contributed by atoms with E-state index in [-0.39, 0.29) is 18.4 Å². The molecule has 6 nitrogen and oxygen atoms in total. The molecule has 0 atom stereocenters. The number of hydrogen-bond donors (Lipinski definition) is 2. The second-order valence-corrected chi connectivity index (χ2v) is 7.45. The Balaban J connectivity index is 1.51. The van der Waals surface area contributed by atoms with Gasteiger partial charge in [-0.25, -0.2) is 0 Å². The number of esters is 1. The molecule has 152 valence electrons. The van der Waals surface area contributed by atoms with Crippen molar-refractivity contribution in [1.29, 1.82) is 0 Å². The van der Waals surface area contributed by atoms with Crippen LogP contribution in [0.15, 0.2) is 48.5 Å². The summed E-state index contributed by atoms with van der Waals surface area (Å²) in [5.74, 6) is -1.24. The highest BCUT2D eigenvalue weighted by atomic mass is 35.5. The number of halogens is 1. The van der Waals surface area contributed by atoms with E-state index in [0.29, 0.717) is 16.3 Å². The van der Waals surface area contributed by atoms with Crippen LogP contribution in [0, 0.1) is 0 Å². The Kier molecular flexibility index (Phi) is 7.25. The van der Waals surface area contributed by atoms with Gasteiger partial charge in [-0.1, -0.05) is 48.7 Å². The number of anilines is 1. The quantitative estimate of drug-likeness (QED) is 0.676. The van der Waals surface area contributed by atoms with Crippen LogP contribution in [0.1, 0.15) is 41.6 Å². The summed E-state index contributed by atoms with van der Waals surface area (Å²) in [6, 6.07) is 13.8. The largest absolute Gasteiger partial charge is 0.455 e. The topological polar surface area (TPSA) is 84.5 Å². The molecular weight excluding hydrogens is 392 g/mol. The molecule has 0 spiro atoms. The molecule has 7 heteroatoms. The fourth-order valence-electron chi connectivity index (χ4n) is 3.28. The Morgan fingerprint density at radius 3 is 2.41 bits per heavy atom. The van der Waals surface area contributed by atoms with Crippen LogP contribution >= 0.6 is 11.6 Å². The number of amides is 2. The number of benzene rings is 2. The molecule has 3 rings (SSSR count). The molecule has 2 aromatic carbocycles. The Labute approximate surface area is 174 Å². The van der Waals surface area contributed by atoms with E-state index in [9.17, 15) is 14.4 Å². The Morgan fingerprint density at radius 2 is 1.69 bits per heavy atom. The maximum atomic E-state index is 12.5. The van der Waals surface area contributed by atoms with Crippen molar-refractivity contribution in [2.24, 2.45) is 0 Å². The van der Waals surface area contributed by atoms with E-state index in [1.165, 1.54) is 0 Å². The summed E-state index contributed by atoms with van der Waals surface area (Å²) in [6.07, 6.45) is 4.23. The minimum Gasteiger partial charge on any atom is -0.455 e. The molecule has 0 bridgehead atoms. The summed E-state index contributed by atoms with van der Waals surface area (Å²) < 4.78 is 5.03. The van der Waals surface area contributed by atoms with E-state index in [1.54, 1.807) is 48.5 Å². The number of rotatable bonds is 7. The molecule has 0 radical (unpaired) electrons. The van der Waals surface area contributed by atoms with Crippen LogP contribution in [0.25, 0.3) is 0 Å². The number of carbonyl (C=O) groups is 3. The normalized spacial score (nSPS) is 13.7. The van der Waals surface area contributed by atoms with Crippen molar-refractivity contribution in [3.63, 3.8) is 0 Å². The van der Waals surface area contributed by atoms with E-state index in [0.717, 1.165) is 31.2 Å². The third kappa shape index (κ3) is 6.32. The minimum absolute atomic E-state index is 0.0465. The van der Waals surface area contributed by atoms with E-state index < -0.39 is 18.5 Å². The third-order valence-corrected chi connectivity index (χ3v) is 5.01. The molecule has 1 saturated carbocycles. The average molecular weight is 415 g/mol. The summed E-state index contributed by atoms with van der Waals surface area (Å²) >= 11 is 5.81. The average Bonchev–Trinajstić information content (AvgIpc) is 3.21. The van der Waals surface area contributed by atoms with Crippen LogP contribution in [0.5, 0.6) is 0 Å². The molecule has 1 aliphatic rings. The van der Waals surface area contributed by atoms with Gasteiger partial charge < -0.3 is 15.4 Å². The SMILES string of the molecule is O=C(COC(=O)Cc1ccc(Cl)cc1)Nc1ccccc1C(=O)NC1CCCC1. The lowest BCUT2D eigenvalue weighted by Crippen LogP contribution is -2.33. The predicted octanol–water partition coefficient (Wildman–Crippen LogP) is 3.74. The van der Waals surface area contributed by atoms with Crippen LogP contribution in [0.3, 0.4) is 0 Å². The highest BCUT2D eigenvalue weighted by Crippen LogP contribution is 2.20. The molecule has 0 aliphatic heterocycles. The molecule has 0 aromatic heterocycles. The number of ether oxygens (including phenoxy) is 1. The van der Waals surface area contributed by atoms with Gasteiger partial charge in [0.25, 0.3) is 11.8 Å². The Morgan fingerprint density at radius 1 is 1.00 bits per heavy atom. The van der Waals surface area contributed by atoms with E-state index in [1.807, 2.05) is 0 Å². The lowest BCUT2D eigenvalue weighted by atomic mass is 10.1. The molecule has 2 amide bonds. The summed E-state index contributed by atoms with van der Waals surface area (Å²) in [6.45, 7) is -0.426. The number of para-hydroxylation sites is 1. The van der Waals surface area contributed by atoms with Gasteiger partial charge in [0, 0.05) is 11.1 Å². The molecule has 1 aliphatic carbocycles. The van der Waals surface area contributed by atoms with Gasteiger partial charge in [-0.2, -0.15) is 0 Å². The van der Waals surface area contributed by atoms with E-state index in [4.69, 9.17) is 16.3 Å². The maximum Gasteiger partial charge on any atom is 0.310 e. The van der Waals surface area contributed by atoms with Crippen molar-refractivity contribution < 1.29 is 19.1 Å². The zero-order valence-corrected chi connectivity index (χ0v) is 16.7. The first-order chi connectivity index (χ1) is 14.0. The second kappa shape index (κ2) is 10.1. The monoisotopic (exact) mass is 414 g/mol. The molecule has 2 N–H and O–H groups in total. The fraction of sp³-hybridized carbons (Fsp3) is 0.318. The van der Waals surface area contributed by atoms with Crippen molar-refractivity contribution in [3.8, 4) is 0 Å². The van der Waals surface area contributed by atoms with Crippen molar-refractivity contribution in [2.45, 2.75) is 38.1 Å². The lowest BCUT2D eigenvalue weighted by Gasteiger charge is -2.15. The van der Waals surface area contributed by atoms with Crippen LogP contribution in [-0.4, -0.2) is 30.4 Å².